The van der Waals surface area contributed by atoms with Gasteiger partial charge in [0.15, 0.2) is 0 Å². The fraction of sp³-hybridized carbons (Fsp3) is 0.323. The third-order valence-corrected chi connectivity index (χ3v) is 8.90. The van der Waals surface area contributed by atoms with Crippen LogP contribution in [0, 0.1) is 0 Å². The SMILES string of the molecule is CCOc1cncc(-c2ccc(N(Cc3ccc(OC)cc3)C(=O)C(CC)c3ccnc(NS(=O)(=O)C4CC4)n3)cc2)n1. The molecular formula is C31H34N6O5S. The van der Waals surface area contributed by atoms with Gasteiger partial charge in [0.2, 0.25) is 27.8 Å². The first-order valence-electron chi connectivity index (χ1n) is 14.2. The van der Waals surface area contributed by atoms with Gasteiger partial charge in [-0.05, 0) is 62.1 Å². The zero-order chi connectivity index (χ0) is 30.4. The molecule has 2 aromatic carbocycles. The first-order valence-corrected chi connectivity index (χ1v) is 15.7. The van der Waals surface area contributed by atoms with Crippen LogP contribution in [0.1, 0.15) is 50.3 Å². The summed E-state index contributed by atoms with van der Waals surface area (Å²) < 4.78 is 38.2. The molecule has 1 atom stereocenters. The van der Waals surface area contributed by atoms with Gasteiger partial charge in [-0.25, -0.2) is 23.4 Å². The standard InChI is InChI=1S/C31H34N6O5S/c1-4-26(27-16-17-33-31(35-27)36-43(39,40)25-14-15-25)30(38)37(20-21-6-12-24(41-3)13-7-21)23-10-8-22(9-11-23)28-18-32-19-29(34-28)42-5-2/h6-13,16-19,25-26H,4-5,14-15,20H2,1-3H3,(H,33,35,36). The number of aromatic nitrogens is 4. The summed E-state index contributed by atoms with van der Waals surface area (Å²) in [6.45, 7) is 4.57. The molecule has 11 nitrogen and oxygen atoms in total. The number of ether oxygens (including phenoxy) is 2. The minimum Gasteiger partial charge on any atom is -0.497 e. The smallest absolute Gasteiger partial charge is 0.237 e. The van der Waals surface area contributed by atoms with Crippen LogP contribution in [0.5, 0.6) is 11.6 Å². The van der Waals surface area contributed by atoms with E-state index < -0.39 is 21.2 Å². The Bertz CT molecular complexity index is 1660. The van der Waals surface area contributed by atoms with Gasteiger partial charge in [-0.3, -0.25) is 14.5 Å². The average Bonchev–Trinajstić information content (AvgIpc) is 3.88. The van der Waals surface area contributed by atoms with Crippen LogP contribution in [0.3, 0.4) is 0 Å². The highest BCUT2D eigenvalue weighted by molar-refractivity contribution is 7.93. The van der Waals surface area contributed by atoms with E-state index in [-0.39, 0.29) is 11.9 Å². The predicted molar refractivity (Wildman–Crippen MR) is 163 cm³/mol. The largest absolute Gasteiger partial charge is 0.497 e. The molecule has 2 heterocycles. The van der Waals surface area contributed by atoms with Crippen molar-refractivity contribution >= 4 is 27.6 Å². The van der Waals surface area contributed by atoms with Crippen LogP contribution in [0.15, 0.2) is 73.2 Å². The number of nitrogens with zero attached hydrogens (tertiary/aromatic N) is 5. The Morgan fingerprint density at radius 3 is 2.42 bits per heavy atom. The first kappa shape index (κ1) is 29.9. The Hall–Kier alpha value is -4.58. The van der Waals surface area contributed by atoms with E-state index >= 15 is 0 Å². The second-order valence-electron chi connectivity index (χ2n) is 10.1. The Balaban J connectivity index is 1.45. The van der Waals surface area contributed by atoms with E-state index in [1.54, 1.807) is 30.5 Å². The number of methoxy groups -OCH3 is 1. The molecule has 0 radical (unpaired) electrons. The van der Waals surface area contributed by atoms with Crippen LogP contribution in [0.4, 0.5) is 11.6 Å². The third kappa shape index (κ3) is 7.26. The van der Waals surface area contributed by atoms with Gasteiger partial charge in [0, 0.05) is 17.4 Å². The fourth-order valence-corrected chi connectivity index (χ4v) is 5.91. The molecule has 0 aliphatic heterocycles. The lowest BCUT2D eigenvalue weighted by atomic mass is 9.99. The molecule has 1 saturated carbocycles. The lowest BCUT2D eigenvalue weighted by molar-refractivity contribution is -0.120. The average molecular weight is 603 g/mol. The topological polar surface area (TPSA) is 136 Å². The van der Waals surface area contributed by atoms with Gasteiger partial charge in [0.05, 0.1) is 55.2 Å². The second-order valence-corrected chi connectivity index (χ2v) is 12.1. The number of sulfonamides is 1. The molecule has 43 heavy (non-hydrogen) atoms. The van der Waals surface area contributed by atoms with Gasteiger partial charge < -0.3 is 14.4 Å². The van der Waals surface area contributed by atoms with Crippen molar-refractivity contribution in [3.63, 3.8) is 0 Å². The highest BCUT2D eigenvalue weighted by Crippen LogP contribution is 2.31. The molecule has 0 saturated heterocycles. The molecular weight excluding hydrogens is 568 g/mol. The van der Waals surface area contributed by atoms with Crippen LogP contribution >= 0.6 is 0 Å². The van der Waals surface area contributed by atoms with Crippen molar-refractivity contribution in [2.45, 2.75) is 50.8 Å². The maximum absolute atomic E-state index is 14.3. The van der Waals surface area contributed by atoms with E-state index in [9.17, 15) is 13.2 Å². The minimum atomic E-state index is -3.55. The lowest BCUT2D eigenvalue weighted by Gasteiger charge is -2.27. The van der Waals surface area contributed by atoms with Crippen molar-refractivity contribution in [2.75, 3.05) is 23.3 Å². The molecule has 1 N–H and O–H groups in total. The number of benzene rings is 2. The van der Waals surface area contributed by atoms with Crippen LogP contribution in [0.25, 0.3) is 11.3 Å². The van der Waals surface area contributed by atoms with Crippen molar-refractivity contribution in [3.8, 4) is 22.9 Å². The number of carbonyl (C=O) groups excluding carboxylic acids is 1. The van der Waals surface area contributed by atoms with Crippen LogP contribution in [0.2, 0.25) is 0 Å². The highest BCUT2D eigenvalue weighted by Gasteiger charge is 2.36. The van der Waals surface area contributed by atoms with Crippen LogP contribution in [-0.4, -0.2) is 53.2 Å². The molecule has 1 unspecified atom stereocenters. The van der Waals surface area contributed by atoms with E-state index in [1.165, 1.54) is 6.20 Å². The molecule has 5 rings (SSSR count). The van der Waals surface area contributed by atoms with Gasteiger partial charge in [-0.2, -0.15) is 0 Å². The van der Waals surface area contributed by atoms with Crippen molar-refractivity contribution in [1.82, 2.24) is 19.9 Å². The summed E-state index contributed by atoms with van der Waals surface area (Å²) in [5, 5.41) is -0.418. The third-order valence-electron chi connectivity index (χ3n) is 7.08. The summed E-state index contributed by atoms with van der Waals surface area (Å²) in [5.41, 5.74) is 3.50. The molecule has 1 amide bonds. The Morgan fingerprint density at radius 1 is 1.02 bits per heavy atom. The van der Waals surface area contributed by atoms with E-state index in [4.69, 9.17) is 9.47 Å². The van der Waals surface area contributed by atoms with Gasteiger partial charge in [-0.15, -0.1) is 0 Å². The maximum atomic E-state index is 14.3. The van der Waals surface area contributed by atoms with Crippen LogP contribution in [-0.2, 0) is 21.4 Å². The molecule has 1 aliphatic carbocycles. The quantitative estimate of drug-likeness (QED) is 0.225. The van der Waals surface area contributed by atoms with E-state index in [1.807, 2.05) is 62.4 Å². The number of carbonyl (C=O) groups is 1. The molecule has 0 spiro atoms. The van der Waals surface area contributed by atoms with E-state index in [0.29, 0.717) is 55.4 Å². The van der Waals surface area contributed by atoms with E-state index in [0.717, 1.165) is 16.9 Å². The molecule has 0 bridgehead atoms. The number of anilines is 2. The van der Waals surface area contributed by atoms with Gasteiger partial charge in [-0.1, -0.05) is 31.2 Å². The minimum absolute atomic E-state index is 0.0305. The first-order chi connectivity index (χ1) is 20.8. The normalized spacial score (nSPS) is 13.7. The van der Waals surface area contributed by atoms with Crippen molar-refractivity contribution < 1.29 is 22.7 Å². The number of amides is 1. The number of hydrogen-bond donors (Lipinski definition) is 1. The lowest BCUT2D eigenvalue weighted by Crippen LogP contribution is -2.35. The number of rotatable bonds is 13. The summed E-state index contributed by atoms with van der Waals surface area (Å²) in [7, 11) is -1.94. The second kappa shape index (κ2) is 13.2. The zero-order valence-corrected chi connectivity index (χ0v) is 25.1. The zero-order valence-electron chi connectivity index (χ0n) is 24.3. The van der Waals surface area contributed by atoms with Gasteiger partial charge >= 0.3 is 0 Å². The molecule has 224 valence electrons. The predicted octanol–water partition coefficient (Wildman–Crippen LogP) is 4.97. The van der Waals surface area contributed by atoms with Crippen molar-refractivity contribution in [3.05, 3.63) is 84.4 Å². The summed E-state index contributed by atoms with van der Waals surface area (Å²) in [6.07, 6.45) is 6.39. The number of hydrogen-bond acceptors (Lipinski definition) is 9. The van der Waals surface area contributed by atoms with Gasteiger partial charge in [0.25, 0.3) is 0 Å². The summed E-state index contributed by atoms with van der Waals surface area (Å²) in [5.74, 6) is 0.305. The van der Waals surface area contributed by atoms with Crippen molar-refractivity contribution in [1.29, 1.82) is 0 Å². The Morgan fingerprint density at radius 2 is 1.77 bits per heavy atom. The molecule has 4 aromatic rings. The monoisotopic (exact) mass is 602 g/mol. The molecule has 2 aromatic heterocycles. The summed E-state index contributed by atoms with van der Waals surface area (Å²) >= 11 is 0. The van der Waals surface area contributed by atoms with Crippen molar-refractivity contribution in [2.24, 2.45) is 0 Å². The number of nitrogens with one attached hydrogen (secondary N) is 1. The Kier molecular flexibility index (Phi) is 9.15. The van der Waals surface area contributed by atoms with Gasteiger partial charge in [0.1, 0.15) is 5.75 Å². The molecule has 1 aliphatic rings. The summed E-state index contributed by atoms with van der Waals surface area (Å²) in [6, 6.07) is 16.7. The van der Waals surface area contributed by atoms with Crippen LogP contribution < -0.4 is 19.1 Å². The van der Waals surface area contributed by atoms with E-state index in [2.05, 4.69) is 24.7 Å². The highest BCUT2D eigenvalue weighted by atomic mass is 32.2. The summed E-state index contributed by atoms with van der Waals surface area (Å²) in [4.78, 5) is 33.2. The maximum Gasteiger partial charge on any atom is 0.237 e. The fourth-order valence-electron chi connectivity index (χ4n) is 4.63. The molecule has 12 heteroatoms. The molecule has 1 fully saturated rings. The Labute approximate surface area is 251 Å².